The Bertz CT molecular complexity index is 934. The summed E-state index contributed by atoms with van der Waals surface area (Å²) in [5, 5.41) is 10.6. The van der Waals surface area contributed by atoms with Gasteiger partial charge < -0.3 is 14.7 Å². The number of phenols is 1. The minimum absolute atomic E-state index is 0.0478. The summed E-state index contributed by atoms with van der Waals surface area (Å²) < 4.78 is 6.10. The fraction of sp³-hybridized carbons (Fsp3) is 0.211. The van der Waals surface area contributed by atoms with Crippen molar-refractivity contribution in [2.45, 2.75) is 13.5 Å². The first kappa shape index (κ1) is 17.9. The van der Waals surface area contributed by atoms with Crippen LogP contribution >= 0.6 is 11.3 Å². The van der Waals surface area contributed by atoms with Gasteiger partial charge in [0.05, 0.1) is 16.8 Å². The molecule has 0 aliphatic heterocycles. The van der Waals surface area contributed by atoms with Gasteiger partial charge in [0.1, 0.15) is 16.3 Å². The Morgan fingerprint density at radius 2 is 2.00 bits per heavy atom. The van der Waals surface area contributed by atoms with E-state index in [-0.39, 0.29) is 17.2 Å². The molecule has 134 valence electrons. The molecule has 0 fully saturated rings. The number of aryl methyl sites for hydroxylation is 1. The molecular formula is C19H18N2O4S. The van der Waals surface area contributed by atoms with Crippen molar-refractivity contribution >= 4 is 33.4 Å². The van der Waals surface area contributed by atoms with Crippen molar-refractivity contribution < 1.29 is 19.4 Å². The highest BCUT2D eigenvalue weighted by molar-refractivity contribution is 7.18. The van der Waals surface area contributed by atoms with E-state index in [4.69, 9.17) is 4.74 Å². The molecule has 0 radical (unpaired) electrons. The van der Waals surface area contributed by atoms with Gasteiger partial charge in [-0.15, -0.1) is 11.3 Å². The SMILES string of the molecule is Cc1ccc(O)c(C(=O)OCC(=O)N(C)Cc2nc3ccccc3s2)c1. The largest absolute Gasteiger partial charge is 0.507 e. The van der Waals surface area contributed by atoms with E-state index in [9.17, 15) is 14.7 Å². The van der Waals surface area contributed by atoms with Gasteiger partial charge in [0, 0.05) is 7.05 Å². The maximum absolute atomic E-state index is 12.2. The second-order valence-corrected chi connectivity index (χ2v) is 7.04. The van der Waals surface area contributed by atoms with Crippen molar-refractivity contribution in [3.63, 3.8) is 0 Å². The van der Waals surface area contributed by atoms with Crippen LogP contribution in [0.1, 0.15) is 20.9 Å². The maximum Gasteiger partial charge on any atom is 0.342 e. The first-order valence-corrected chi connectivity index (χ1v) is 8.81. The number of amides is 1. The molecular weight excluding hydrogens is 352 g/mol. The molecule has 0 spiro atoms. The number of aromatic hydroxyl groups is 1. The molecule has 0 saturated heterocycles. The van der Waals surface area contributed by atoms with Gasteiger partial charge in [-0.25, -0.2) is 9.78 Å². The molecule has 7 heteroatoms. The van der Waals surface area contributed by atoms with E-state index in [0.717, 1.165) is 20.8 Å². The predicted molar refractivity (Wildman–Crippen MR) is 99.2 cm³/mol. The Morgan fingerprint density at radius 3 is 2.77 bits per heavy atom. The topological polar surface area (TPSA) is 79.7 Å². The van der Waals surface area contributed by atoms with Gasteiger partial charge in [0.15, 0.2) is 6.61 Å². The van der Waals surface area contributed by atoms with Gasteiger partial charge in [-0.3, -0.25) is 4.79 Å². The average molecular weight is 370 g/mol. The van der Waals surface area contributed by atoms with E-state index in [1.165, 1.54) is 28.4 Å². The third-order valence-corrected chi connectivity index (χ3v) is 4.86. The zero-order valence-electron chi connectivity index (χ0n) is 14.4. The summed E-state index contributed by atoms with van der Waals surface area (Å²) in [6.45, 7) is 1.74. The van der Waals surface area contributed by atoms with Crippen LogP contribution < -0.4 is 0 Å². The van der Waals surface area contributed by atoms with E-state index >= 15 is 0 Å². The number of esters is 1. The number of thiazole rings is 1. The summed E-state index contributed by atoms with van der Waals surface area (Å²) in [5.41, 5.74) is 1.76. The van der Waals surface area contributed by atoms with Crippen molar-refractivity contribution in [3.05, 3.63) is 58.6 Å². The highest BCUT2D eigenvalue weighted by Gasteiger charge is 2.17. The first-order chi connectivity index (χ1) is 12.4. The van der Waals surface area contributed by atoms with Gasteiger partial charge >= 0.3 is 5.97 Å². The van der Waals surface area contributed by atoms with E-state index in [1.54, 1.807) is 20.0 Å². The summed E-state index contributed by atoms with van der Waals surface area (Å²) in [6, 6.07) is 12.4. The number of aromatic nitrogens is 1. The van der Waals surface area contributed by atoms with E-state index in [2.05, 4.69) is 4.98 Å². The molecule has 1 aromatic heterocycles. The van der Waals surface area contributed by atoms with Gasteiger partial charge in [-0.1, -0.05) is 23.8 Å². The van der Waals surface area contributed by atoms with Gasteiger partial charge in [-0.2, -0.15) is 0 Å². The molecule has 26 heavy (non-hydrogen) atoms. The molecule has 3 aromatic rings. The van der Waals surface area contributed by atoms with Crippen LogP contribution in [-0.2, 0) is 16.1 Å². The lowest BCUT2D eigenvalue weighted by atomic mass is 10.1. The van der Waals surface area contributed by atoms with Crippen LogP contribution in [0, 0.1) is 6.92 Å². The number of benzene rings is 2. The highest BCUT2D eigenvalue weighted by Crippen LogP contribution is 2.22. The Hall–Kier alpha value is -2.93. The lowest BCUT2D eigenvalue weighted by molar-refractivity contribution is -0.133. The predicted octanol–water partition coefficient (Wildman–Crippen LogP) is 3.13. The van der Waals surface area contributed by atoms with Crippen LogP contribution in [0.3, 0.4) is 0 Å². The van der Waals surface area contributed by atoms with Crippen LogP contribution in [-0.4, -0.2) is 40.5 Å². The number of nitrogens with zero attached hydrogens (tertiary/aromatic N) is 2. The van der Waals surface area contributed by atoms with Crippen molar-refractivity contribution in [2.24, 2.45) is 0 Å². The van der Waals surface area contributed by atoms with Crippen molar-refractivity contribution in [2.75, 3.05) is 13.7 Å². The monoisotopic (exact) mass is 370 g/mol. The van der Waals surface area contributed by atoms with E-state index in [0.29, 0.717) is 6.54 Å². The molecule has 0 saturated carbocycles. The van der Waals surface area contributed by atoms with Gasteiger partial charge in [0.25, 0.3) is 5.91 Å². The lowest BCUT2D eigenvalue weighted by Crippen LogP contribution is -2.30. The van der Waals surface area contributed by atoms with E-state index in [1.807, 2.05) is 24.3 Å². The number of fused-ring (bicyclic) bond motifs is 1. The van der Waals surface area contributed by atoms with Crippen LogP contribution in [0.2, 0.25) is 0 Å². The molecule has 0 aliphatic rings. The molecule has 1 heterocycles. The minimum Gasteiger partial charge on any atom is -0.507 e. The van der Waals surface area contributed by atoms with Crippen molar-refractivity contribution in [1.82, 2.24) is 9.88 Å². The molecule has 0 unspecified atom stereocenters. The molecule has 3 rings (SSSR count). The van der Waals surface area contributed by atoms with Crippen LogP contribution in [0.25, 0.3) is 10.2 Å². The zero-order valence-corrected chi connectivity index (χ0v) is 15.2. The Labute approximate surface area is 154 Å². The van der Waals surface area contributed by atoms with Crippen LogP contribution in [0.4, 0.5) is 0 Å². The second-order valence-electron chi connectivity index (χ2n) is 5.92. The number of hydrogen-bond donors (Lipinski definition) is 1. The quantitative estimate of drug-likeness (QED) is 0.698. The average Bonchev–Trinajstić information content (AvgIpc) is 3.03. The number of rotatable bonds is 5. The zero-order chi connectivity index (χ0) is 18.7. The fourth-order valence-corrected chi connectivity index (χ4v) is 3.43. The summed E-state index contributed by atoms with van der Waals surface area (Å²) in [6.07, 6.45) is 0. The second kappa shape index (κ2) is 7.53. The lowest BCUT2D eigenvalue weighted by Gasteiger charge is -2.15. The Balaban J connectivity index is 1.58. The highest BCUT2D eigenvalue weighted by atomic mass is 32.1. The Kier molecular flexibility index (Phi) is 5.18. The smallest absolute Gasteiger partial charge is 0.342 e. The number of hydrogen-bond acceptors (Lipinski definition) is 6. The van der Waals surface area contributed by atoms with Crippen LogP contribution in [0.15, 0.2) is 42.5 Å². The summed E-state index contributed by atoms with van der Waals surface area (Å²) >= 11 is 1.52. The standard InChI is InChI=1S/C19H18N2O4S/c1-12-7-8-15(22)13(9-12)19(24)25-11-18(23)21(2)10-17-20-14-5-3-4-6-16(14)26-17/h3-9,22H,10-11H2,1-2H3. The summed E-state index contributed by atoms with van der Waals surface area (Å²) in [7, 11) is 1.63. The molecule has 6 nitrogen and oxygen atoms in total. The minimum atomic E-state index is -0.729. The summed E-state index contributed by atoms with van der Waals surface area (Å²) in [5.74, 6) is -1.24. The first-order valence-electron chi connectivity index (χ1n) is 7.99. The molecule has 0 aliphatic carbocycles. The van der Waals surface area contributed by atoms with E-state index < -0.39 is 12.6 Å². The molecule has 2 aromatic carbocycles. The summed E-state index contributed by atoms with van der Waals surface area (Å²) in [4.78, 5) is 30.2. The number of carbonyl (C=O) groups is 2. The van der Waals surface area contributed by atoms with Gasteiger partial charge in [-0.05, 0) is 31.2 Å². The number of likely N-dealkylation sites (N-methyl/N-ethyl adjacent to an activating group) is 1. The van der Waals surface area contributed by atoms with Crippen LogP contribution in [0.5, 0.6) is 5.75 Å². The molecule has 1 amide bonds. The fourth-order valence-electron chi connectivity index (χ4n) is 2.41. The van der Waals surface area contributed by atoms with Gasteiger partial charge in [0.2, 0.25) is 0 Å². The molecule has 1 N–H and O–H groups in total. The number of para-hydroxylation sites is 1. The Morgan fingerprint density at radius 1 is 1.23 bits per heavy atom. The normalized spacial score (nSPS) is 10.7. The maximum atomic E-state index is 12.2. The number of carbonyl (C=O) groups excluding carboxylic acids is 2. The van der Waals surface area contributed by atoms with Crippen molar-refractivity contribution in [1.29, 1.82) is 0 Å². The number of ether oxygens (including phenoxy) is 1. The third kappa shape index (κ3) is 4.00. The molecule has 0 bridgehead atoms. The number of phenolic OH excluding ortho intramolecular Hbond substituents is 1. The molecule has 0 atom stereocenters. The third-order valence-electron chi connectivity index (χ3n) is 3.84. The van der Waals surface area contributed by atoms with Crippen molar-refractivity contribution in [3.8, 4) is 5.75 Å².